The van der Waals surface area contributed by atoms with Crippen LogP contribution in [-0.4, -0.2) is 54.0 Å². The summed E-state index contributed by atoms with van der Waals surface area (Å²) >= 11 is 0. The molecule has 172 valence electrons. The molecule has 0 heterocycles. The van der Waals surface area contributed by atoms with Gasteiger partial charge in [0.15, 0.2) is 5.96 Å². The van der Waals surface area contributed by atoms with Gasteiger partial charge in [-0.25, -0.2) is 0 Å². The van der Waals surface area contributed by atoms with Crippen LogP contribution < -0.4 is 29.6 Å². The van der Waals surface area contributed by atoms with E-state index in [0.29, 0.717) is 18.7 Å². The lowest BCUT2D eigenvalue weighted by atomic mass is 10.1. The van der Waals surface area contributed by atoms with Crippen LogP contribution in [0.2, 0.25) is 0 Å². The summed E-state index contributed by atoms with van der Waals surface area (Å²) in [5, 5.41) is 6.67. The molecule has 0 spiro atoms. The van der Waals surface area contributed by atoms with Crippen molar-refractivity contribution >= 4 is 29.9 Å². The van der Waals surface area contributed by atoms with E-state index in [9.17, 15) is 0 Å². The minimum absolute atomic E-state index is 0. The zero-order valence-electron chi connectivity index (χ0n) is 19.0. The van der Waals surface area contributed by atoms with Gasteiger partial charge in [0, 0.05) is 37.3 Å². The Labute approximate surface area is 202 Å². The van der Waals surface area contributed by atoms with Crippen LogP contribution in [0.3, 0.4) is 0 Å². The van der Waals surface area contributed by atoms with Crippen molar-refractivity contribution < 1.29 is 18.9 Å². The maximum Gasteiger partial charge on any atom is 0.191 e. The third-order valence-electron chi connectivity index (χ3n) is 4.66. The molecular weight excluding hydrogens is 509 g/mol. The molecule has 31 heavy (non-hydrogen) atoms. The molecule has 8 heteroatoms. The van der Waals surface area contributed by atoms with Gasteiger partial charge in [0.2, 0.25) is 0 Å². The average Bonchev–Trinajstić information content (AvgIpc) is 2.79. The number of methoxy groups -OCH3 is 4. The van der Waals surface area contributed by atoms with Crippen molar-refractivity contribution in [3.05, 3.63) is 47.5 Å². The van der Waals surface area contributed by atoms with Crippen LogP contribution in [0.25, 0.3) is 0 Å². The van der Waals surface area contributed by atoms with Gasteiger partial charge in [-0.1, -0.05) is 12.1 Å². The predicted molar refractivity (Wildman–Crippen MR) is 136 cm³/mol. The van der Waals surface area contributed by atoms with Gasteiger partial charge < -0.3 is 29.6 Å². The highest BCUT2D eigenvalue weighted by atomic mass is 127. The van der Waals surface area contributed by atoms with Crippen LogP contribution in [0.15, 0.2) is 41.4 Å². The van der Waals surface area contributed by atoms with E-state index in [0.717, 1.165) is 48.3 Å². The fourth-order valence-corrected chi connectivity index (χ4v) is 3.06. The monoisotopic (exact) mass is 543 g/mol. The van der Waals surface area contributed by atoms with Crippen molar-refractivity contribution in [3.8, 4) is 23.0 Å². The largest absolute Gasteiger partial charge is 0.497 e. The fourth-order valence-electron chi connectivity index (χ4n) is 3.06. The number of rotatable bonds is 11. The van der Waals surface area contributed by atoms with Crippen molar-refractivity contribution in [1.82, 2.24) is 10.6 Å². The topological polar surface area (TPSA) is 73.3 Å². The van der Waals surface area contributed by atoms with E-state index in [1.165, 1.54) is 5.56 Å². The summed E-state index contributed by atoms with van der Waals surface area (Å²) in [5.74, 6) is 3.82. The third-order valence-corrected chi connectivity index (χ3v) is 4.66. The minimum Gasteiger partial charge on any atom is -0.497 e. The van der Waals surface area contributed by atoms with Crippen LogP contribution in [0.4, 0.5) is 0 Å². The highest BCUT2D eigenvalue weighted by Gasteiger charge is 2.13. The number of nitrogens with zero attached hydrogens (tertiary/aromatic N) is 1. The Morgan fingerprint density at radius 3 is 1.94 bits per heavy atom. The number of benzene rings is 2. The first kappa shape index (κ1) is 26.7. The zero-order valence-corrected chi connectivity index (χ0v) is 21.3. The predicted octanol–water partition coefficient (Wildman–Crippen LogP) is 3.68. The number of guanidine groups is 1. The van der Waals surface area contributed by atoms with Crippen LogP contribution in [-0.2, 0) is 12.8 Å². The van der Waals surface area contributed by atoms with Gasteiger partial charge in [-0.3, -0.25) is 4.99 Å². The van der Waals surface area contributed by atoms with E-state index in [-0.39, 0.29) is 24.0 Å². The summed E-state index contributed by atoms with van der Waals surface area (Å²) in [5.41, 5.74) is 2.21. The summed E-state index contributed by atoms with van der Waals surface area (Å²) in [4.78, 5) is 4.69. The van der Waals surface area contributed by atoms with Gasteiger partial charge in [0.25, 0.3) is 0 Å². The molecule has 0 radical (unpaired) electrons. The molecule has 7 nitrogen and oxygen atoms in total. The molecule has 0 atom stereocenters. The van der Waals surface area contributed by atoms with Crippen molar-refractivity contribution in [1.29, 1.82) is 0 Å². The Morgan fingerprint density at radius 1 is 0.806 bits per heavy atom. The Hall–Kier alpha value is -2.36. The van der Waals surface area contributed by atoms with E-state index in [4.69, 9.17) is 23.9 Å². The second-order valence-corrected chi connectivity index (χ2v) is 6.55. The van der Waals surface area contributed by atoms with Gasteiger partial charge in [0.1, 0.15) is 23.0 Å². The highest BCUT2D eigenvalue weighted by molar-refractivity contribution is 14.0. The molecule has 0 aliphatic rings. The first-order valence-corrected chi connectivity index (χ1v) is 10.1. The third kappa shape index (κ3) is 8.35. The first-order chi connectivity index (χ1) is 14.6. The normalized spacial score (nSPS) is 10.7. The standard InChI is InChI=1S/C23H33N3O4.HI/c1-6-24-23(25-13-11-17-7-9-18(27-2)10-8-17)26-14-12-20-21(29-4)15-19(28-3)16-22(20)30-5;/h7-10,15-16H,6,11-14H2,1-5H3,(H2,24,25,26);1H. The SMILES string of the molecule is CCNC(=NCCc1c(OC)cc(OC)cc1OC)NCCc1ccc(OC)cc1.I. The highest BCUT2D eigenvalue weighted by Crippen LogP contribution is 2.34. The number of ether oxygens (including phenoxy) is 4. The molecule has 0 unspecified atom stereocenters. The van der Waals surface area contributed by atoms with Crippen molar-refractivity contribution in [2.24, 2.45) is 4.99 Å². The summed E-state index contributed by atoms with van der Waals surface area (Å²) in [6, 6.07) is 11.8. The molecule has 0 aliphatic heterocycles. The van der Waals surface area contributed by atoms with Crippen LogP contribution in [0.1, 0.15) is 18.1 Å². The summed E-state index contributed by atoms with van der Waals surface area (Å²) in [6.07, 6.45) is 1.58. The Morgan fingerprint density at radius 2 is 1.42 bits per heavy atom. The lowest BCUT2D eigenvalue weighted by molar-refractivity contribution is 0.369. The van der Waals surface area contributed by atoms with Gasteiger partial charge in [-0.2, -0.15) is 0 Å². The average molecular weight is 543 g/mol. The van der Waals surface area contributed by atoms with E-state index in [2.05, 4.69) is 29.7 Å². The van der Waals surface area contributed by atoms with E-state index < -0.39 is 0 Å². The number of hydrogen-bond acceptors (Lipinski definition) is 5. The lowest BCUT2D eigenvalue weighted by Crippen LogP contribution is -2.38. The molecule has 0 fully saturated rings. The van der Waals surface area contributed by atoms with Crippen molar-refractivity contribution in [2.45, 2.75) is 19.8 Å². The molecule has 0 saturated heterocycles. The molecule has 2 rings (SSSR count). The second-order valence-electron chi connectivity index (χ2n) is 6.55. The van der Waals surface area contributed by atoms with Gasteiger partial charge in [0.05, 0.1) is 28.4 Å². The quantitative estimate of drug-likeness (QED) is 0.256. The van der Waals surface area contributed by atoms with Gasteiger partial charge >= 0.3 is 0 Å². The first-order valence-electron chi connectivity index (χ1n) is 10.1. The number of hydrogen-bond donors (Lipinski definition) is 2. The molecule has 2 aromatic rings. The van der Waals surface area contributed by atoms with Crippen molar-refractivity contribution in [2.75, 3.05) is 48.1 Å². The molecule has 0 saturated carbocycles. The Kier molecular flexibility index (Phi) is 12.6. The van der Waals surface area contributed by atoms with Crippen LogP contribution in [0, 0.1) is 0 Å². The molecule has 0 aromatic heterocycles. The van der Waals surface area contributed by atoms with Gasteiger partial charge in [-0.05, 0) is 37.5 Å². The molecule has 2 aromatic carbocycles. The summed E-state index contributed by atoms with van der Waals surface area (Å²) in [7, 11) is 6.59. The maximum atomic E-state index is 5.52. The molecule has 0 bridgehead atoms. The van der Waals surface area contributed by atoms with Crippen LogP contribution >= 0.6 is 24.0 Å². The minimum atomic E-state index is 0. The van der Waals surface area contributed by atoms with Crippen molar-refractivity contribution in [3.63, 3.8) is 0 Å². The number of nitrogens with one attached hydrogen (secondary N) is 2. The maximum absolute atomic E-state index is 5.52. The zero-order chi connectivity index (χ0) is 21.8. The molecule has 0 amide bonds. The van der Waals surface area contributed by atoms with Gasteiger partial charge in [-0.15, -0.1) is 24.0 Å². The molecule has 0 aliphatic carbocycles. The Balaban J connectivity index is 0.00000480. The van der Waals surface area contributed by atoms with E-state index in [1.54, 1.807) is 28.4 Å². The fraction of sp³-hybridized carbons (Fsp3) is 0.435. The Bertz CT molecular complexity index is 788. The van der Waals surface area contributed by atoms with E-state index in [1.807, 2.05) is 24.3 Å². The smallest absolute Gasteiger partial charge is 0.191 e. The lowest BCUT2D eigenvalue weighted by Gasteiger charge is -2.15. The van der Waals surface area contributed by atoms with Crippen LogP contribution in [0.5, 0.6) is 23.0 Å². The second kappa shape index (κ2) is 14.6. The number of halogens is 1. The molecular formula is C23H34IN3O4. The molecule has 2 N–H and O–H groups in total. The summed E-state index contributed by atoms with van der Waals surface area (Å²) < 4.78 is 21.5. The summed E-state index contributed by atoms with van der Waals surface area (Å²) in [6.45, 7) is 4.23. The number of aliphatic imine (C=N–C) groups is 1. The van der Waals surface area contributed by atoms with E-state index >= 15 is 0 Å².